The molecule has 0 saturated carbocycles. The van der Waals surface area contributed by atoms with Crippen LogP contribution in [0.4, 0.5) is 17.1 Å². The molecule has 0 bridgehead atoms. The number of anilines is 3. The van der Waals surface area contributed by atoms with Gasteiger partial charge in [-0.3, -0.25) is 0 Å². The Hall–Kier alpha value is -6.18. The molecule has 0 aromatic heterocycles. The average molecular weight is 598 g/mol. The van der Waals surface area contributed by atoms with Gasteiger partial charge in [0.05, 0.1) is 11.4 Å². The maximum absolute atomic E-state index is 2.47. The SMILES string of the molecule is c1ccc(-c2ccc(N(c3ccccc3-c3cccc4ccccc34)c3cc4ccccc4c4c3ccc3ccccc34)cc2)cc1. The molecule has 0 spiro atoms. The van der Waals surface area contributed by atoms with Crippen LogP contribution in [0.25, 0.3) is 65.3 Å². The number of rotatable bonds is 5. The van der Waals surface area contributed by atoms with E-state index in [1.807, 2.05) is 0 Å². The normalized spacial score (nSPS) is 11.4. The van der Waals surface area contributed by atoms with Gasteiger partial charge < -0.3 is 4.90 Å². The van der Waals surface area contributed by atoms with E-state index in [0.717, 1.165) is 17.1 Å². The van der Waals surface area contributed by atoms with E-state index in [4.69, 9.17) is 0 Å². The van der Waals surface area contributed by atoms with Gasteiger partial charge in [0.2, 0.25) is 0 Å². The van der Waals surface area contributed by atoms with Crippen molar-refractivity contribution in [2.75, 3.05) is 4.90 Å². The third kappa shape index (κ3) is 4.64. The predicted octanol–water partition coefficient (Wildman–Crippen LogP) is 13.1. The maximum Gasteiger partial charge on any atom is 0.0546 e. The van der Waals surface area contributed by atoms with Crippen LogP contribution in [-0.4, -0.2) is 0 Å². The lowest BCUT2D eigenvalue weighted by Crippen LogP contribution is -2.12. The summed E-state index contributed by atoms with van der Waals surface area (Å²) in [4.78, 5) is 2.47. The molecule has 9 aromatic carbocycles. The number of hydrogen-bond donors (Lipinski definition) is 0. The molecule has 0 aliphatic carbocycles. The van der Waals surface area contributed by atoms with Crippen LogP contribution < -0.4 is 4.90 Å². The molecule has 0 aliphatic rings. The highest BCUT2D eigenvalue weighted by Crippen LogP contribution is 2.47. The largest absolute Gasteiger partial charge is 0.309 e. The number of hydrogen-bond acceptors (Lipinski definition) is 1. The lowest BCUT2D eigenvalue weighted by molar-refractivity contribution is 1.30. The Morgan fingerprint density at radius 3 is 1.64 bits per heavy atom. The first-order valence-corrected chi connectivity index (χ1v) is 16.2. The van der Waals surface area contributed by atoms with Crippen LogP contribution in [0.5, 0.6) is 0 Å². The Morgan fingerprint density at radius 1 is 0.298 bits per heavy atom. The topological polar surface area (TPSA) is 3.24 Å². The second kappa shape index (κ2) is 11.3. The van der Waals surface area contributed by atoms with E-state index in [-0.39, 0.29) is 0 Å². The average Bonchev–Trinajstić information content (AvgIpc) is 3.15. The van der Waals surface area contributed by atoms with Crippen LogP contribution in [0.15, 0.2) is 188 Å². The summed E-state index contributed by atoms with van der Waals surface area (Å²) in [6.45, 7) is 0. The quantitative estimate of drug-likeness (QED) is 0.178. The van der Waals surface area contributed by atoms with E-state index >= 15 is 0 Å². The first-order chi connectivity index (χ1) is 23.3. The monoisotopic (exact) mass is 597 g/mol. The molecule has 0 unspecified atom stereocenters. The lowest BCUT2D eigenvalue weighted by Gasteiger charge is -2.30. The summed E-state index contributed by atoms with van der Waals surface area (Å²) in [7, 11) is 0. The fourth-order valence-corrected chi connectivity index (χ4v) is 7.23. The number of para-hydroxylation sites is 1. The summed E-state index contributed by atoms with van der Waals surface area (Å²) in [5, 5.41) is 10.00. The van der Waals surface area contributed by atoms with Crippen LogP contribution in [0, 0.1) is 0 Å². The summed E-state index contributed by atoms with van der Waals surface area (Å²) in [6.07, 6.45) is 0. The first kappa shape index (κ1) is 27.2. The van der Waals surface area contributed by atoms with E-state index in [2.05, 4.69) is 193 Å². The molecule has 1 heteroatoms. The second-order valence-electron chi connectivity index (χ2n) is 12.1. The van der Waals surface area contributed by atoms with Gasteiger partial charge in [0.15, 0.2) is 0 Å². The van der Waals surface area contributed by atoms with E-state index in [9.17, 15) is 0 Å². The smallest absolute Gasteiger partial charge is 0.0546 e. The van der Waals surface area contributed by atoms with Crippen LogP contribution in [0.3, 0.4) is 0 Å². The van der Waals surface area contributed by atoms with Gasteiger partial charge >= 0.3 is 0 Å². The molecule has 220 valence electrons. The minimum Gasteiger partial charge on any atom is -0.309 e. The van der Waals surface area contributed by atoms with Crippen molar-refractivity contribution in [3.63, 3.8) is 0 Å². The zero-order valence-corrected chi connectivity index (χ0v) is 25.8. The molecule has 0 atom stereocenters. The lowest BCUT2D eigenvalue weighted by atomic mass is 9.93. The van der Waals surface area contributed by atoms with Gasteiger partial charge in [0, 0.05) is 16.6 Å². The zero-order valence-electron chi connectivity index (χ0n) is 25.8. The van der Waals surface area contributed by atoms with Crippen LogP contribution >= 0.6 is 0 Å². The highest BCUT2D eigenvalue weighted by atomic mass is 15.1. The minimum absolute atomic E-state index is 1.11. The standard InChI is InChI=1S/C46H31N/c1-2-13-32(14-3-1)33-25-28-37(29-26-33)47(44-24-11-10-22-42(44)41-23-12-18-34-15-4-7-19-38(34)41)45-31-36-17-6-9-21-40(36)46-39-20-8-5-16-35(39)27-30-43(45)46/h1-31H. The van der Waals surface area contributed by atoms with Crippen molar-refractivity contribution in [1.82, 2.24) is 0 Å². The van der Waals surface area contributed by atoms with Crippen molar-refractivity contribution in [2.45, 2.75) is 0 Å². The van der Waals surface area contributed by atoms with Gasteiger partial charge in [0.25, 0.3) is 0 Å². The summed E-state index contributed by atoms with van der Waals surface area (Å²) in [5.74, 6) is 0. The van der Waals surface area contributed by atoms with Crippen molar-refractivity contribution in [1.29, 1.82) is 0 Å². The van der Waals surface area contributed by atoms with Crippen LogP contribution in [-0.2, 0) is 0 Å². The van der Waals surface area contributed by atoms with Gasteiger partial charge in [-0.2, -0.15) is 0 Å². The Morgan fingerprint density at radius 2 is 0.851 bits per heavy atom. The third-order valence-corrected chi connectivity index (χ3v) is 9.43. The molecule has 0 amide bonds. The second-order valence-corrected chi connectivity index (χ2v) is 12.1. The van der Waals surface area contributed by atoms with E-state index in [1.165, 1.54) is 65.3 Å². The van der Waals surface area contributed by atoms with Gasteiger partial charge in [-0.25, -0.2) is 0 Å². The number of benzene rings is 9. The maximum atomic E-state index is 2.47. The summed E-state index contributed by atoms with van der Waals surface area (Å²) < 4.78 is 0. The third-order valence-electron chi connectivity index (χ3n) is 9.43. The van der Waals surface area contributed by atoms with E-state index < -0.39 is 0 Å². The molecule has 0 N–H and O–H groups in total. The molecule has 0 saturated heterocycles. The molecule has 9 aromatic rings. The fourth-order valence-electron chi connectivity index (χ4n) is 7.23. The van der Waals surface area contributed by atoms with Crippen molar-refractivity contribution >= 4 is 60.2 Å². The van der Waals surface area contributed by atoms with E-state index in [1.54, 1.807) is 0 Å². The molecule has 9 rings (SSSR count). The van der Waals surface area contributed by atoms with Crippen molar-refractivity contribution in [3.05, 3.63) is 188 Å². The van der Waals surface area contributed by atoms with Crippen LogP contribution in [0.2, 0.25) is 0 Å². The molecule has 0 aliphatic heterocycles. The Balaban J connectivity index is 1.37. The molecule has 1 nitrogen and oxygen atoms in total. The Labute approximate surface area is 274 Å². The van der Waals surface area contributed by atoms with Gasteiger partial charge in [-0.15, -0.1) is 0 Å². The first-order valence-electron chi connectivity index (χ1n) is 16.2. The number of nitrogens with zero attached hydrogens (tertiary/aromatic N) is 1. The molecule has 0 fully saturated rings. The number of fused-ring (bicyclic) bond motifs is 6. The van der Waals surface area contributed by atoms with Crippen LogP contribution in [0.1, 0.15) is 0 Å². The van der Waals surface area contributed by atoms with Gasteiger partial charge in [-0.1, -0.05) is 164 Å². The molecule has 0 heterocycles. The fraction of sp³-hybridized carbons (Fsp3) is 0. The summed E-state index contributed by atoms with van der Waals surface area (Å²) in [6, 6.07) is 68.3. The predicted molar refractivity (Wildman–Crippen MR) is 202 cm³/mol. The van der Waals surface area contributed by atoms with Gasteiger partial charge in [0.1, 0.15) is 0 Å². The summed E-state index contributed by atoms with van der Waals surface area (Å²) in [5.41, 5.74) is 8.24. The summed E-state index contributed by atoms with van der Waals surface area (Å²) >= 11 is 0. The van der Waals surface area contributed by atoms with E-state index in [0.29, 0.717) is 0 Å². The zero-order chi connectivity index (χ0) is 31.2. The molecule has 47 heavy (non-hydrogen) atoms. The van der Waals surface area contributed by atoms with Crippen molar-refractivity contribution in [2.24, 2.45) is 0 Å². The molecular formula is C46H31N. The van der Waals surface area contributed by atoms with Crippen molar-refractivity contribution < 1.29 is 0 Å². The molecule has 0 radical (unpaired) electrons. The molecular weight excluding hydrogens is 567 g/mol. The van der Waals surface area contributed by atoms with Gasteiger partial charge in [-0.05, 0) is 78.7 Å². The van der Waals surface area contributed by atoms with Crippen molar-refractivity contribution in [3.8, 4) is 22.3 Å². The minimum atomic E-state index is 1.11. The highest BCUT2D eigenvalue weighted by Gasteiger charge is 2.22. The Kier molecular flexibility index (Phi) is 6.54. The Bertz CT molecular complexity index is 2540. The highest BCUT2D eigenvalue weighted by molar-refractivity contribution is 6.24.